The summed E-state index contributed by atoms with van der Waals surface area (Å²) in [7, 11) is 3.27. The average molecular weight is 454 g/mol. The molecule has 0 spiro atoms. The molecule has 1 aromatic heterocycles. The lowest BCUT2D eigenvalue weighted by Gasteiger charge is -2.25. The maximum Gasteiger partial charge on any atom is 0.355 e. The molecule has 1 N–H and O–H groups in total. The van der Waals surface area contributed by atoms with Gasteiger partial charge in [-0.1, -0.05) is 32.1 Å². The Hall–Kier alpha value is -2.76. The number of nitrogens with one attached hydrogen (secondary N) is 1. The summed E-state index contributed by atoms with van der Waals surface area (Å²) in [5.41, 5.74) is 3.82. The zero-order chi connectivity index (χ0) is 23.4. The Bertz CT molecular complexity index is 1000. The lowest BCUT2D eigenvalue weighted by molar-refractivity contribution is 0.0518. The first-order chi connectivity index (χ1) is 16.0. The predicted molar refractivity (Wildman–Crippen MR) is 127 cm³/mol. The molecule has 6 nitrogen and oxygen atoms in total. The molecule has 2 aliphatic carbocycles. The number of Topliss-reactive ketones (excluding diaryl/α,β-unsaturated/α-hetero) is 1. The van der Waals surface area contributed by atoms with Crippen molar-refractivity contribution in [3.05, 3.63) is 46.3 Å². The topological polar surface area (TPSA) is 77.6 Å². The van der Waals surface area contributed by atoms with E-state index >= 15 is 0 Å². The fraction of sp³-hybridized carbons (Fsp3) is 0.556. The number of carbonyl (C=O) groups excluding carboxylic acids is 2. The van der Waals surface area contributed by atoms with Gasteiger partial charge in [-0.15, -0.1) is 0 Å². The first kappa shape index (κ1) is 23.4. The number of rotatable bonds is 8. The number of methoxy groups -OCH3 is 2. The molecular formula is C27H35NO5. The molecule has 33 heavy (non-hydrogen) atoms. The minimum atomic E-state index is -0.367. The van der Waals surface area contributed by atoms with Gasteiger partial charge in [-0.05, 0) is 55.9 Å². The lowest BCUT2D eigenvalue weighted by atomic mass is 9.79. The van der Waals surface area contributed by atoms with Gasteiger partial charge in [0.25, 0.3) is 0 Å². The standard InChI is InChI=1S/C27H35NO5/c1-4-33-27(30)26-20(12-10-17-8-6-5-7-9-17)25-22(28-26)14-18(15-23(25)29)21-16-19(31-2)11-13-24(21)32-3/h11,13,16-18,28H,4-10,12,14-15H2,1-3H3/t18-/m1/s1. The second-order valence-corrected chi connectivity index (χ2v) is 9.23. The van der Waals surface area contributed by atoms with E-state index in [4.69, 9.17) is 14.2 Å². The molecule has 4 rings (SSSR count). The quantitative estimate of drug-likeness (QED) is 0.524. The molecule has 6 heteroatoms. The fourth-order valence-corrected chi connectivity index (χ4v) is 5.56. The van der Waals surface area contributed by atoms with Crippen LogP contribution in [0.15, 0.2) is 18.2 Å². The van der Waals surface area contributed by atoms with Crippen LogP contribution in [0.1, 0.15) is 95.5 Å². The molecule has 0 saturated heterocycles. The number of esters is 1. The molecule has 0 radical (unpaired) electrons. The normalized spacial score (nSPS) is 18.6. The Balaban J connectivity index is 1.66. The van der Waals surface area contributed by atoms with Gasteiger partial charge in [0.1, 0.15) is 17.2 Å². The number of hydrogen-bond donors (Lipinski definition) is 1. The number of carbonyl (C=O) groups is 2. The number of benzene rings is 1. The van der Waals surface area contributed by atoms with Crippen molar-refractivity contribution in [3.63, 3.8) is 0 Å². The summed E-state index contributed by atoms with van der Waals surface area (Å²) in [4.78, 5) is 29.5. The van der Waals surface area contributed by atoms with Crippen molar-refractivity contribution in [1.82, 2.24) is 4.98 Å². The van der Waals surface area contributed by atoms with Crippen LogP contribution in [0.2, 0.25) is 0 Å². The van der Waals surface area contributed by atoms with Crippen LogP contribution in [0.3, 0.4) is 0 Å². The van der Waals surface area contributed by atoms with Crippen LogP contribution in [0.25, 0.3) is 0 Å². The second kappa shape index (κ2) is 10.4. The first-order valence-corrected chi connectivity index (χ1v) is 12.2. The van der Waals surface area contributed by atoms with E-state index in [0.717, 1.165) is 41.2 Å². The highest BCUT2D eigenvalue weighted by Crippen LogP contribution is 2.41. The van der Waals surface area contributed by atoms with E-state index in [0.29, 0.717) is 36.6 Å². The monoisotopic (exact) mass is 453 g/mol. The largest absolute Gasteiger partial charge is 0.497 e. The van der Waals surface area contributed by atoms with Crippen molar-refractivity contribution < 1.29 is 23.8 Å². The smallest absolute Gasteiger partial charge is 0.355 e. The maximum absolute atomic E-state index is 13.4. The van der Waals surface area contributed by atoms with E-state index in [9.17, 15) is 9.59 Å². The Labute approximate surface area is 196 Å². The maximum atomic E-state index is 13.4. The van der Waals surface area contributed by atoms with Gasteiger partial charge in [0.2, 0.25) is 0 Å². The summed E-state index contributed by atoms with van der Waals surface area (Å²) in [5.74, 6) is 1.81. The molecule has 2 aromatic rings. The van der Waals surface area contributed by atoms with Gasteiger partial charge in [0.15, 0.2) is 5.78 Å². The van der Waals surface area contributed by atoms with Crippen LogP contribution in [0, 0.1) is 5.92 Å². The van der Waals surface area contributed by atoms with Crippen molar-refractivity contribution in [2.24, 2.45) is 5.92 Å². The van der Waals surface area contributed by atoms with E-state index in [1.807, 2.05) is 18.2 Å². The molecule has 2 aliphatic rings. The summed E-state index contributed by atoms with van der Waals surface area (Å²) in [6, 6.07) is 5.68. The number of hydrogen-bond acceptors (Lipinski definition) is 5. The van der Waals surface area contributed by atoms with E-state index < -0.39 is 0 Å². The molecule has 0 unspecified atom stereocenters. The second-order valence-electron chi connectivity index (χ2n) is 9.23. The van der Waals surface area contributed by atoms with Crippen LogP contribution in [0.5, 0.6) is 11.5 Å². The Morgan fingerprint density at radius 3 is 2.58 bits per heavy atom. The van der Waals surface area contributed by atoms with Crippen LogP contribution in [-0.4, -0.2) is 37.6 Å². The SMILES string of the molecule is CCOC(=O)c1[nH]c2c(c1CCC1CCCCC1)C(=O)C[C@H](c1cc(OC)ccc1OC)C2. The molecule has 1 saturated carbocycles. The van der Waals surface area contributed by atoms with Crippen molar-refractivity contribution in [3.8, 4) is 11.5 Å². The summed E-state index contributed by atoms with van der Waals surface area (Å²) in [5, 5.41) is 0. The highest BCUT2D eigenvalue weighted by atomic mass is 16.5. The van der Waals surface area contributed by atoms with Gasteiger partial charge < -0.3 is 19.2 Å². The zero-order valence-electron chi connectivity index (χ0n) is 20.0. The highest BCUT2D eigenvalue weighted by Gasteiger charge is 2.35. The number of ketones is 1. The van der Waals surface area contributed by atoms with Crippen LogP contribution < -0.4 is 9.47 Å². The van der Waals surface area contributed by atoms with Gasteiger partial charge in [0, 0.05) is 29.2 Å². The molecule has 0 aliphatic heterocycles. The van der Waals surface area contributed by atoms with Gasteiger partial charge in [0.05, 0.1) is 20.8 Å². The Morgan fingerprint density at radius 1 is 1.09 bits per heavy atom. The molecule has 1 heterocycles. The summed E-state index contributed by atoms with van der Waals surface area (Å²) in [6.07, 6.45) is 9.14. The average Bonchev–Trinajstić information content (AvgIpc) is 3.22. The van der Waals surface area contributed by atoms with E-state index in [2.05, 4.69) is 4.98 Å². The van der Waals surface area contributed by atoms with E-state index in [-0.39, 0.29) is 17.7 Å². The fourth-order valence-electron chi connectivity index (χ4n) is 5.56. The summed E-state index contributed by atoms with van der Waals surface area (Å²) >= 11 is 0. The molecule has 1 aromatic carbocycles. The van der Waals surface area contributed by atoms with Gasteiger partial charge in [-0.25, -0.2) is 4.79 Å². The summed E-state index contributed by atoms with van der Waals surface area (Å²) in [6.45, 7) is 2.11. The number of fused-ring (bicyclic) bond motifs is 1. The third-order valence-corrected chi connectivity index (χ3v) is 7.23. The molecule has 1 fully saturated rings. The van der Waals surface area contributed by atoms with E-state index in [1.165, 1.54) is 32.1 Å². The molecule has 1 atom stereocenters. The number of aromatic nitrogens is 1. The highest BCUT2D eigenvalue weighted by molar-refractivity contribution is 6.04. The molecular weight excluding hydrogens is 418 g/mol. The summed E-state index contributed by atoms with van der Waals surface area (Å²) < 4.78 is 16.3. The van der Waals surface area contributed by atoms with Gasteiger partial charge in [-0.2, -0.15) is 0 Å². The predicted octanol–water partition coefficient (Wildman–Crippen LogP) is 5.63. The van der Waals surface area contributed by atoms with Crippen molar-refractivity contribution in [2.75, 3.05) is 20.8 Å². The Kier molecular flexibility index (Phi) is 7.41. The molecule has 178 valence electrons. The molecule has 0 bridgehead atoms. The van der Waals surface area contributed by atoms with Crippen LogP contribution in [-0.2, 0) is 17.6 Å². The number of aromatic amines is 1. The van der Waals surface area contributed by atoms with E-state index in [1.54, 1.807) is 21.1 Å². The van der Waals surface area contributed by atoms with Gasteiger partial charge >= 0.3 is 5.97 Å². The minimum Gasteiger partial charge on any atom is -0.497 e. The third-order valence-electron chi connectivity index (χ3n) is 7.23. The van der Waals surface area contributed by atoms with Crippen LogP contribution >= 0.6 is 0 Å². The van der Waals surface area contributed by atoms with Crippen molar-refractivity contribution in [2.45, 2.75) is 70.6 Å². The Morgan fingerprint density at radius 2 is 1.88 bits per heavy atom. The minimum absolute atomic E-state index is 0.0464. The molecule has 0 amide bonds. The van der Waals surface area contributed by atoms with Crippen molar-refractivity contribution in [1.29, 1.82) is 0 Å². The van der Waals surface area contributed by atoms with Crippen LogP contribution in [0.4, 0.5) is 0 Å². The number of H-pyrrole nitrogens is 1. The third kappa shape index (κ3) is 4.94. The first-order valence-electron chi connectivity index (χ1n) is 12.2. The number of ether oxygens (including phenoxy) is 3. The zero-order valence-corrected chi connectivity index (χ0v) is 20.0. The lowest BCUT2D eigenvalue weighted by Crippen LogP contribution is -2.20. The van der Waals surface area contributed by atoms with Gasteiger partial charge in [-0.3, -0.25) is 4.79 Å². The van der Waals surface area contributed by atoms with Crippen molar-refractivity contribution >= 4 is 11.8 Å².